The van der Waals surface area contributed by atoms with E-state index < -0.39 is 16.0 Å². The smallest absolute Gasteiger partial charge is 0.337 e. The van der Waals surface area contributed by atoms with Crippen LogP contribution in [0.1, 0.15) is 23.2 Å². The molecule has 0 aromatic heterocycles. The molecule has 1 fully saturated rings. The van der Waals surface area contributed by atoms with Gasteiger partial charge in [-0.1, -0.05) is 12.1 Å². The first-order chi connectivity index (χ1) is 9.42. The lowest BCUT2D eigenvalue weighted by molar-refractivity contribution is 0.0698. The monoisotopic (exact) mass is 299 g/mol. The Hall–Kier alpha value is -1.60. The van der Waals surface area contributed by atoms with Crippen molar-refractivity contribution < 1.29 is 23.1 Å². The number of carbonyl (C=O) groups is 1. The summed E-state index contributed by atoms with van der Waals surface area (Å²) >= 11 is 0. The molecule has 1 aromatic rings. The summed E-state index contributed by atoms with van der Waals surface area (Å²) in [5.41, 5.74) is 0.129. The van der Waals surface area contributed by atoms with E-state index in [-0.39, 0.29) is 23.1 Å². The van der Waals surface area contributed by atoms with Crippen LogP contribution in [0.5, 0.6) is 0 Å². The highest BCUT2D eigenvalue weighted by Gasteiger charge is 2.28. The van der Waals surface area contributed by atoms with Gasteiger partial charge in [-0.2, -0.15) is 0 Å². The number of anilines is 1. The quantitative estimate of drug-likeness (QED) is 0.886. The highest BCUT2D eigenvalue weighted by Crippen LogP contribution is 2.24. The topological polar surface area (TPSA) is 83.9 Å². The zero-order chi connectivity index (χ0) is 14.8. The standard InChI is InChI=1S/C13H17NO5S/c1-14(12-7-3-2-6-11(12)13(15)16)20(17,18)9-10-5-4-8-19-10/h2-3,6-7,10H,4-5,8-9H2,1H3,(H,15,16). The molecule has 7 heteroatoms. The summed E-state index contributed by atoms with van der Waals surface area (Å²) in [6.07, 6.45) is 1.27. The van der Waals surface area contributed by atoms with Crippen LogP contribution in [-0.2, 0) is 14.8 Å². The first-order valence-corrected chi connectivity index (χ1v) is 7.93. The molecular formula is C13H17NO5S. The SMILES string of the molecule is CN(c1ccccc1C(=O)O)S(=O)(=O)CC1CCCO1. The average molecular weight is 299 g/mol. The molecule has 1 atom stereocenters. The van der Waals surface area contributed by atoms with Crippen LogP contribution in [0.3, 0.4) is 0 Å². The second-order valence-corrected chi connectivity index (χ2v) is 6.75. The Morgan fingerprint density at radius 2 is 2.15 bits per heavy atom. The van der Waals surface area contributed by atoms with Crippen LogP contribution in [0.25, 0.3) is 0 Å². The molecule has 2 rings (SSSR count). The molecule has 0 saturated carbocycles. The van der Waals surface area contributed by atoms with Gasteiger partial charge >= 0.3 is 5.97 Å². The molecule has 0 spiro atoms. The van der Waals surface area contributed by atoms with Gasteiger partial charge in [0.25, 0.3) is 0 Å². The molecular weight excluding hydrogens is 282 g/mol. The summed E-state index contributed by atoms with van der Waals surface area (Å²) in [5.74, 6) is -1.28. The maximum absolute atomic E-state index is 12.3. The number of para-hydroxylation sites is 1. The second-order valence-electron chi connectivity index (χ2n) is 4.70. The van der Waals surface area contributed by atoms with Crippen LogP contribution >= 0.6 is 0 Å². The van der Waals surface area contributed by atoms with Crippen molar-refractivity contribution in [3.8, 4) is 0 Å². The molecule has 1 aromatic carbocycles. The Bertz CT molecular complexity index is 593. The van der Waals surface area contributed by atoms with E-state index in [1.807, 2.05) is 0 Å². The molecule has 1 aliphatic rings. The normalized spacial score (nSPS) is 18.9. The van der Waals surface area contributed by atoms with Gasteiger partial charge < -0.3 is 9.84 Å². The third kappa shape index (κ3) is 3.10. The fraction of sp³-hybridized carbons (Fsp3) is 0.462. The molecule has 0 amide bonds. The molecule has 20 heavy (non-hydrogen) atoms. The van der Waals surface area contributed by atoms with Crippen molar-refractivity contribution in [3.63, 3.8) is 0 Å². The fourth-order valence-corrected chi connectivity index (χ4v) is 3.62. The minimum Gasteiger partial charge on any atom is -0.478 e. The number of hydrogen-bond donors (Lipinski definition) is 1. The number of sulfonamides is 1. The summed E-state index contributed by atoms with van der Waals surface area (Å²) < 4.78 is 31.0. The Morgan fingerprint density at radius 3 is 2.75 bits per heavy atom. The molecule has 1 saturated heterocycles. The predicted molar refractivity (Wildman–Crippen MR) is 74.6 cm³/mol. The van der Waals surface area contributed by atoms with Crippen LogP contribution in [0.15, 0.2) is 24.3 Å². The summed E-state index contributed by atoms with van der Waals surface area (Å²) in [5, 5.41) is 9.12. The molecule has 1 unspecified atom stereocenters. The van der Waals surface area contributed by atoms with Crippen molar-refractivity contribution in [2.75, 3.05) is 23.7 Å². The van der Waals surface area contributed by atoms with Crippen LogP contribution < -0.4 is 4.31 Å². The van der Waals surface area contributed by atoms with Gasteiger partial charge in [-0.15, -0.1) is 0 Å². The van der Waals surface area contributed by atoms with Crippen LogP contribution in [0, 0.1) is 0 Å². The minimum atomic E-state index is -3.61. The van der Waals surface area contributed by atoms with E-state index >= 15 is 0 Å². The first-order valence-electron chi connectivity index (χ1n) is 6.32. The van der Waals surface area contributed by atoms with Crippen molar-refractivity contribution in [2.45, 2.75) is 18.9 Å². The van der Waals surface area contributed by atoms with Gasteiger partial charge in [0.15, 0.2) is 0 Å². The molecule has 0 bridgehead atoms. The lowest BCUT2D eigenvalue weighted by atomic mass is 10.2. The molecule has 6 nitrogen and oxygen atoms in total. The number of hydrogen-bond acceptors (Lipinski definition) is 4. The molecule has 1 heterocycles. The highest BCUT2D eigenvalue weighted by molar-refractivity contribution is 7.92. The van der Waals surface area contributed by atoms with Gasteiger partial charge in [-0.25, -0.2) is 13.2 Å². The van der Waals surface area contributed by atoms with E-state index in [4.69, 9.17) is 9.84 Å². The van der Waals surface area contributed by atoms with E-state index in [9.17, 15) is 13.2 Å². The number of aromatic carboxylic acids is 1. The Kier molecular flexibility index (Phi) is 4.29. The molecule has 0 aliphatic carbocycles. The van der Waals surface area contributed by atoms with Crippen molar-refractivity contribution in [3.05, 3.63) is 29.8 Å². The van der Waals surface area contributed by atoms with E-state index in [1.54, 1.807) is 12.1 Å². The van der Waals surface area contributed by atoms with Crippen LogP contribution in [0.2, 0.25) is 0 Å². The van der Waals surface area contributed by atoms with E-state index in [0.717, 1.165) is 10.7 Å². The lowest BCUT2D eigenvalue weighted by Gasteiger charge is -2.22. The molecule has 110 valence electrons. The number of nitrogens with zero attached hydrogens (tertiary/aromatic N) is 1. The van der Waals surface area contributed by atoms with Crippen LogP contribution in [-0.4, -0.2) is 45.0 Å². The lowest BCUT2D eigenvalue weighted by Crippen LogP contribution is -2.34. The number of carboxylic acid groups (broad SMARTS) is 1. The fourth-order valence-electron chi connectivity index (χ4n) is 2.20. The van der Waals surface area contributed by atoms with Crippen molar-refractivity contribution in [1.29, 1.82) is 0 Å². The average Bonchev–Trinajstić information content (AvgIpc) is 2.89. The van der Waals surface area contributed by atoms with Crippen molar-refractivity contribution in [1.82, 2.24) is 0 Å². The van der Waals surface area contributed by atoms with Gasteiger partial charge in [0.1, 0.15) is 0 Å². The summed E-state index contributed by atoms with van der Waals surface area (Å²) in [7, 11) is -2.24. The van der Waals surface area contributed by atoms with Crippen molar-refractivity contribution >= 4 is 21.7 Å². The maximum atomic E-state index is 12.3. The number of carboxylic acids is 1. The third-order valence-electron chi connectivity index (χ3n) is 3.31. The highest BCUT2D eigenvalue weighted by atomic mass is 32.2. The Morgan fingerprint density at radius 1 is 1.45 bits per heavy atom. The van der Waals surface area contributed by atoms with Crippen LogP contribution in [0.4, 0.5) is 5.69 Å². The first kappa shape index (κ1) is 14.8. The summed E-state index contributed by atoms with van der Waals surface area (Å²) in [4.78, 5) is 11.2. The van der Waals surface area contributed by atoms with Gasteiger partial charge in [0.2, 0.25) is 10.0 Å². The van der Waals surface area contributed by atoms with Gasteiger partial charge in [0.05, 0.1) is 23.1 Å². The number of rotatable bonds is 5. The van der Waals surface area contributed by atoms with E-state index in [2.05, 4.69) is 0 Å². The van der Waals surface area contributed by atoms with E-state index in [1.165, 1.54) is 19.2 Å². The maximum Gasteiger partial charge on any atom is 0.337 e. The predicted octanol–water partition coefficient (Wildman–Crippen LogP) is 1.33. The van der Waals surface area contributed by atoms with Crippen molar-refractivity contribution in [2.24, 2.45) is 0 Å². The van der Waals surface area contributed by atoms with Gasteiger partial charge in [0, 0.05) is 13.7 Å². The molecule has 1 aliphatic heterocycles. The second kappa shape index (κ2) is 5.80. The minimum absolute atomic E-state index is 0.0362. The third-order valence-corrected chi connectivity index (χ3v) is 5.14. The number of benzene rings is 1. The zero-order valence-electron chi connectivity index (χ0n) is 11.2. The summed E-state index contributed by atoms with van der Waals surface area (Å²) in [6, 6.07) is 6.04. The summed E-state index contributed by atoms with van der Waals surface area (Å²) in [6.45, 7) is 0.579. The Labute approximate surface area is 118 Å². The van der Waals surface area contributed by atoms with Gasteiger partial charge in [-0.05, 0) is 25.0 Å². The van der Waals surface area contributed by atoms with Gasteiger partial charge in [-0.3, -0.25) is 4.31 Å². The molecule has 1 N–H and O–H groups in total. The zero-order valence-corrected chi connectivity index (χ0v) is 12.0. The Balaban J connectivity index is 2.25. The van der Waals surface area contributed by atoms with E-state index in [0.29, 0.717) is 13.0 Å². The number of ether oxygens (including phenoxy) is 1. The molecule has 0 radical (unpaired) electrons. The largest absolute Gasteiger partial charge is 0.478 e.